The van der Waals surface area contributed by atoms with Crippen LogP contribution >= 0.6 is 15.9 Å². The van der Waals surface area contributed by atoms with Crippen molar-refractivity contribution in [1.29, 1.82) is 0 Å². The molecule has 0 unspecified atom stereocenters. The van der Waals surface area contributed by atoms with Crippen LogP contribution in [-0.4, -0.2) is 56.4 Å². The molecule has 0 aliphatic rings. The highest BCUT2D eigenvalue weighted by atomic mass is 79.9. The predicted octanol–water partition coefficient (Wildman–Crippen LogP) is 9.47. The Balaban J connectivity index is 0.000000729. The predicted molar refractivity (Wildman–Crippen MR) is 134 cm³/mol. The van der Waals surface area contributed by atoms with Crippen LogP contribution in [0.4, 0.5) is 61.5 Å². The summed E-state index contributed by atoms with van der Waals surface area (Å²) in [6.07, 6.45) is -23.5. The zero-order valence-electron chi connectivity index (χ0n) is 23.4. The molecule has 0 N–H and O–H groups in total. The lowest BCUT2D eigenvalue weighted by Crippen LogP contribution is -2.50. The molecule has 0 heterocycles. The van der Waals surface area contributed by atoms with Crippen molar-refractivity contribution in [3.05, 3.63) is 67.7 Å². The molecule has 250 valence electrons. The number of alkyl halides is 14. The van der Waals surface area contributed by atoms with Crippen LogP contribution in [0.1, 0.15) is 43.7 Å². The molecule has 0 bridgehead atoms. The summed E-state index contributed by atoms with van der Waals surface area (Å²) < 4.78 is 179. The van der Waals surface area contributed by atoms with Gasteiger partial charge in [0.2, 0.25) is 6.41 Å². The summed E-state index contributed by atoms with van der Waals surface area (Å²) in [4.78, 5) is 21.5. The van der Waals surface area contributed by atoms with E-state index in [0.717, 1.165) is 20.3 Å². The maximum atomic E-state index is 13.8. The van der Waals surface area contributed by atoms with E-state index in [1.54, 1.807) is 14.1 Å². The number of carbonyl (C=O) groups is 2. The number of aldehydes is 1. The van der Waals surface area contributed by atoms with E-state index in [1.807, 2.05) is 0 Å². The maximum absolute atomic E-state index is 13.8. The molecule has 44 heavy (non-hydrogen) atoms. The summed E-state index contributed by atoms with van der Waals surface area (Å²) >= 11 is 3.00. The molecule has 0 saturated carbocycles. The van der Waals surface area contributed by atoms with Crippen LogP contribution in [0.5, 0.6) is 0 Å². The van der Waals surface area contributed by atoms with Crippen molar-refractivity contribution in [2.75, 3.05) is 14.1 Å². The third-order valence-electron chi connectivity index (χ3n) is 5.72. The fourth-order valence-electron chi connectivity index (χ4n) is 3.48. The number of benzene rings is 2. The van der Waals surface area contributed by atoms with Gasteiger partial charge in [0.25, 0.3) is 0 Å². The molecule has 0 radical (unpaired) electrons. The summed E-state index contributed by atoms with van der Waals surface area (Å²) in [5.41, 5.74) is -14.1. The first-order chi connectivity index (χ1) is 19.4. The molecule has 0 fully saturated rings. The molecule has 0 aliphatic carbocycles. The van der Waals surface area contributed by atoms with Gasteiger partial charge in [-0.25, -0.2) is 8.78 Å². The first-order valence-corrected chi connectivity index (χ1v) is 12.3. The molecule has 0 saturated heterocycles. The molecule has 3 nitrogen and oxygen atoms in total. The number of hydrogen-bond acceptors (Lipinski definition) is 2. The van der Waals surface area contributed by atoms with Gasteiger partial charge >= 0.3 is 36.0 Å². The summed E-state index contributed by atoms with van der Waals surface area (Å²) in [6, 6.07) is 1.85. The summed E-state index contributed by atoms with van der Waals surface area (Å²) in [7, 11) is 3.38. The third-order valence-corrected chi connectivity index (χ3v) is 6.97. The van der Waals surface area contributed by atoms with Crippen molar-refractivity contribution in [2.24, 2.45) is 0 Å². The van der Waals surface area contributed by atoms with Crippen molar-refractivity contribution in [3.63, 3.8) is 0 Å². The quantitative estimate of drug-likeness (QED) is 0.233. The Morgan fingerprint density at radius 1 is 0.545 bits per heavy atom. The first kappa shape index (κ1) is 41.1. The van der Waals surface area contributed by atoms with E-state index < -0.39 is 47.2 Å². The lowest BCUT2D eigenvalue weighted by molar-refractivity contribution is -0.349. The second kappa shape index (κ2) is 14.0. The van der Waals surface area contributed by atoms with Gasteiger partial charge in [0.1, 0.15) is 0 Å². The van der Waals surface area contributed by atoms with E-state index >= 15 is 0 Å². The molecule has 18 heteroatoms. The average Bonchev–Trinajstić information content (AvgIpc) is 2.83. The van der Waals surface area contributed by atoms with Crippen LogP contribution in [0.3, 0.4) is 0 Å². The average molecular weight is 728 g/mol. The number of rotatable bonds is 4. The van der Waals surface area contributed by atoms with Gasteiger partial charge in [-0.3, -0.25) is 9.59 Å². The Labute approximate surface area is 250 Å². The molecule has 0 aliphatic heterocycles. The van der Waals surface area contributed by atoms with Crippen LogP contribution in [0.15, 0.2) is 28.7 Å². The van der Waals surface area contributed by atoms with Gasteiger partial charge in [0.05, 0.1) is 0 Å². The van der Waals surface area contributed by atoms with E-state index in [-0.39, 0.29) is 34.1 Å². The molecular formula is C26H24BrF14NO2. The molecule has 2 aromatic rings. The fraction of sp³-hybridized carbons (Fsp3) is 0.462. The number of amides is 1. The van der Waals surface area contributed by atoms with E-state index in [9.17, 15) is 71.1 Å². The van der Waals surface area contributed by atoms with Gasteiger partial charge < -0.3 is 4.90 Å². The second-order valence-electron chi connectivity index (χ2n) is 9.44. The number of hydrogen-bond donors (Lipinski definition) is 0. The van der Waals surface area contributed by atoms with Crippen LogP contribution in [0, 0.1) is 27.7 Å². The fourth-order valence-corrected chi connectivity index (χ4v) is 3.71. The van der Waals surface area contributed by atoms with Gasteiger partial charge in [0.15, 0.2) is 6.29 Å². The summed E-state index contributed by atoms with van der Waals surface area (Å²) in [6.45, 7) is 4.84. The Kier molecular flexibility index (Phi) is 13.1. The van der Waals surface area contributed by atoms with E-state index in [1.165, 1.54) is 18.7 Å². The largest absolute Gasteiger partial charge is 0.435 e. The minimum Gasteiger partial charge on any atom is -0.351 e. The van der Waals surface area contributed by atoms with E-state index in [4.69, 9.17) is 0 Å². The minimum absolute atomic E-state index is 0.0690. The van der Waals surface area contributed by atoms with Gasteiger partial charge in [-0.05, 0) is 49.9 Å². The Morgan fingerprint density at radius 3 is 0.955 bits per heavy atom. The zero-order chi connectivity index (χ0) is 35.4. The van der Waals surface area contributed by atoms with Crippen LogP contribution in [0.2, 0.25) is 0 Å². The SMILES string of the molecule is CN(C)C=O.Cc1cc(C(F)(C(F)(F)F)C(F)(F)F)cc(C)c1Br.Cc1cc(C(F)(C(F)(F)F)C(F)(F)F)cc(C)c1C=O. The second-order valence-corrected chi connectivity index (χ2v) is 10.2. The number of carbonyl (C=O) groups excluding carboxylic acids is 2. The third kappa shape index (κ3) is 8.62. The highest BCUT2D eigenvalue weighted by Gasteiger charge is 2.74. The smallest absolute Gasteiger partial charge is 0.351 e. The summed E-state index contributed by atoms with van der Waals surface area (Å²) in [5, 5.41) is 0. The molecule has 0 aromatic heterocycles. The lowest BCUT2D eigenvalue weighted by Gasteiger charge is -2.31. The van der Waals surface area contributed by atoms with E-state index in [2.05, 4.69) is 15.9 Å². The number of nitrogens with zero attached hydrogens (tertiary/aromatic N) is 1. The Bertz CT molecular complexity index is 1240. The monoisotopic (exact) mass is 727 g/mol. The van der Waals surface area contributed by atoms with Crippen molar-refractivity contribution in [1.82, 2.24) is 4.90 Å². The van der Waals surface area contributed by atoms with Gasteiger partial charge in [-0.2, -0.15) is 52.7 Å². The van der Waals surface area contributed by atoms with Crippen molar-refractivity contribution < 1.29 is 71.1 Å². The maximum Gasteiger partial charge on any atom is 0.435 e. The van der Waals surface area contributed by atoms with E-state index in [0.29, 0.717) is 28.7 Å². The van der Waals surface area contributed by atoms with Crippen LogP contribution in [-0.2, 0) is 16.1 Å². The first-order valence-electron chi connectivity index (χ1n) is 11.6. The highest BCUT2D eigenvalue weighted by Crippen LogP contribution is 2.55. The highest BCUT2D eigenvalue weighted by molar-refractivity contribution is 9.10. The number of halogens is 15. The minimum atomic E-state index is -6.16. The van der Waals surface area contributed by atoms with Crippen molar-refractivity contribution >= 4 is 28.6 Å². The van der Waals surface area contributed by atoms with Gasteiger partial charge in [-0.15, -0.1) is 0 Å². The molecule has 0 atom stereocenters. The standard InChI is InChI=1S/C12H9F7O.C11H8BrF7.C3H7NO/c1-6-3-8(4-7(2)9(6)5-20)10(13,11(14,15)16)12(17,18)19;1-5-3-7(4-6(2)8(5)12)9(13,10(14,15)16)11(17,18)19;1-4(2)3-5/h3-5H,1-2H3;3-4H,1-2H3;3H,1-2H3. The van der Waals surface area contributed by atoms with Gasteiger partial charge in [0, 0.05) is 35.3 Å². The zero-order valence-corrected chi connectivity index (χ0v) is 25.0. The molecule has 2 rings (SSSR count). The van der Waals surface area contributed by atoms with Crippen LogP contribution in [0.25, 0.3) is 0 Å². The lowest BCUT2D eigenvalue weighted by atomic mass is 9.89. The molecule has 0 spiro atoms. The molecule has 2 aromatic carbocycles. The Hall–Kier alpha value is -2.92. The normalized spacial score (nSPS) is 12.8. The van der Waals surface area contributed by atoms with Crippen molar-refractivity contribution in [3.8, 4) is 0 Å². The topological polar surface area (TPSA) is 37.4 Å². The molecule has 1 amide bonds. The van der Waals surface area contributed by atoms with Crippen LogP contribution < -0.4 is 0 Å². The summed E-state index contributed by atoms with van der Waals surface area (Å²) in [5.74, 6) is 0. The Morgan fingerprint density at radius 2 is 0.773 bits per heavy atom. The molecular weight excluding hydrogens is 704 g/mol. The van der Waals surface area contributed by atoms with Crippen molar-refractivity contribution in [2.45, 2.75) is 63.7 Å². The van der Waals surface area contributed by atoms with Gasteiger partial charge in [-0.1, -0.05) is 40.2 Å². The number of aryl methyl sites for hydroxylation is 4.